The first-order chi connectivity index (χ1) is 13.2. The van der Waals surface area contributed by atoms with Crippen LogP contribution < -0.4 is 10.6 Å². The van der Waals surface area contributed by atoms with Gasteiger partial charge < -0.3 is 20.1 Å². The van der Waals surface area contributed by atoms with Crippen molar-refractivity contribution in [2.24, 2.45) is 5.92 Å². The van der Waals surface area contributed by atoms with E-state index in [1.54, 1.807) is 6.92 Å². The number of methoxy groups -OCH3 is 2. The van der Waals surface area contributed by atoms with Crippen LogP contribution in [0.3, 0.4) is 0 Å². The van der Waals surface area contributed by atoms with Crippen LogP contribution in [0.5, 0.6) is 0 Å². The SMILES string of the molecule is COC(=O)C[C@H](C)[C@H](NC(=O)[C@@H](Cc1ccc(F)cc1)NC(C)=O)C(=O)OC. The van der Waals surface area contributed by atoms with Crippen molar-refractivity contribution in [3.05, 3.63) is 35.6 Å². The van der Waals surface area contributed by atoms with Crippen LogP contribution in [0.1, 0.15) is 25.8 Å². The molecule has 0 saturated carbocycles. The van der Waals surface area contributed by atoms with Crippen LogP contribution in [0.4, 0.5) is 4.39 Å². The summed E-state index contributed by atoms with van der Waals surface area (Å²) in [5.74, 6) is -3.38. The maximum atomic E-state index is 13.1. The number of nitrogens with one attached hydrogen (secondary N) is 2. The zero-order chi connectivity index (χ0) is 21.3. The van der Waals surface area contributed by atoms with Crippen molar-refractivity contribution in [1.29, 1.82) is 0 Å². The van der Waals surface area contributed by atoms with Gasteiger partial charge >= 0.3 is 11.9 Å². The molecule has 8 nitrogen and oxygen atoms in total. The van der Waals surface area contributed by atoms with Crippen LogP contribution in [-0.4, -0.2) is 50.1 Å². The molecule has 0 bridgehead atoms. The summed E-state index contributed by atoms with van der Waals surface area (Å²) in [6, 6.07) is 3.37. The highest BCUT2D eigenvalue weighted by molar-refractivity contribution is 5.90. The van der Waals surface area contributed by atoms with E-state index in [9.17, 15) is 23.6 Å². The second-order valence-corrected chi connectivity index (χ2v) is 6.35. The van der Waals surface area contributed by atoms with E-state index < -0.39 is 47.6 Å². The lowest BCUT2D eigenvalue weighted by molar-refractivity contribution is -0.148. The fraction of sp³-hybridized carbons (Fsp3) is 0.474. The first-order valence-electron chi connectivity index (χ1n) is 8.64. The number of esters is 2. The number of benzene rings is 1. The minimum atomic E-state index is -1.11. The van der Waals surface area contributed by atoms with Gasteiger partial charge in [-0.3, -0.25) is 14.4 Å². The van der Waals surface area contributed by atoms with Crippen molar-refractivity contribution in [1.82, 2.24) is 10.6 Å². The minimum Gasteiger partial charge on any atom is -0.469 e. The number of amides is 2. The molecule has 1 aromatic rings. The molecule has 0 aliphatic carbocycles. The van der Waals surface area contributed by atoms with Crippen molar-refractivity contribution in [3.63, 3.8) is 0 Å². The van der Waals surface area contributed by atoms with Crippen molar-refractivity contribution in [2.75, 3.05) is 14.2 Å². The Kier molecular flexibility index (Phi) is 9.07. The number of hydrogen-bond donors (Lipinski definition) is 2. The monoisotopic (exact) mass is 396 g/mol. The summed E-state index contributed by atoms with van der Waals surface area (Å²) in [5.41, 5.74) is 0.618. The third-order valence-electron chi connectivity index (χ3n) is 4.09. The summed E-state index contributed by atoms with van der Waals surface area (Å²) in [6.07, 6.45) is -0.0235. The number of halogens is 1. The van der Waals surface area contributed by atoms with Gasteiger partial charge in [-0.25, -0.2) is 9.18 Å². The molecule has 154 valence electrons. The standard InChI is InChI=1S/C19H25FN2O6/c1-11(9-16(24)27-3)17(19(26)28-4)22-18(25)15(21-12(2)23)10-13-5-7-14(20)8-6-13/h5-8,11,15,17H,9-10H2,1-4H3,(H,21,23)(H,22,25)/t11-,15+,17-/m0/s1. The molecule has 3 atom stereocenters. The fourth-order valence-corrected chi connectivity index (χ4v) is 2.59. The van der Waals surface area contributed by atoms with Crippen LogP contribution in [0.2, 0.25) is 0 Å². The quantitative estimate of drug-likeness (QED) is 0.596. The molecule has 0 heterocycles. The summed E-state index contributed by atoms with van der Waals surface area (Å²) >= 11 is 0. The maximum absolute atomic E-state index is 13.1. The van der Waals surface area contributed by atoms with Crippen molar-refractivity contribution in [3.8, 4) is 0 Å². The summed E-state index contributed by atoms with van der Waals surface area (Å²) in [5, 5.41) is 5.03. The van der Waals surface area contributed by atoms with Gasteiger partial charge in [-0.05, 0) is 23.6 Å². The predicted octanol–water partition coefficient (Wildman–Crippen LogP) is 0.730. The van der Waals surface area contributed by atoms with Crippen LogP contribution in [0.25, 0.3) is 0 Å². The van der Waals surface area contributed by atoms with Crippen LogP contribution in [0, 0.1) is 11.7 Å². The van der Waals surface area contributed by atoms with Gasteiger partial charge in [0.2, 0.25) is 11.8 Å². The molecule has 0 spiro atoms. The highest BCUT2D eigenvalue weighted by Crippen LogP contribution is 2.12. The van der Waals surface area contributed by atoms with Crippen molar-refractivity contribution >= 4 is 23.8 Å². The highest BCUT2D eigenvalue weighted by atomic mass is 19.1. The van der Waals surface area contributed by atoms with E-state index in [0.717, 1.165) is 7.11 Å². The van der Waals surface area contributed by atoms with Gasteiger partial charge in [0, 0.05) is 13.3 Å². The number of carbonyl (C=O) groups excluding carboxylic acids is 4. The topological polar surface area (TPSA) is 111 Å². The molecule has 0 fully saturated rings. The molecule has 28 heavy (non-hydrogen) atoms. The Bertz CT molecular complexity index is 707. The average molecular weight is 396 g/mol. The molecule has 2 amide bonds. The largest absolute Gasteiger partial charge is 0.469 e. The molecular weight excluding hydrogens is 371 g/mol. The Morgan fingerprint density at radius 3 is 2.14 bits per heavy atom. The summed E-state index contributed by atoms with van der Waals surface area (Å²) < 4.78 is 22.4. The van der Waals surface area contributed by atoms with Gasteiger partial charge in [-0.15, -0.1) is 0 Å². The van der Waals surface area contributed by atoms with E-state index >= 15 is 0 Å². The van der Waals surface area contributed by atoms with Crippen molar-refractivity contribution < 1.29 is 33.0 Å². The van der Waals surface area contributed by atoms with E-state index in [4.69, 9.17) is 4.74 Å². The lowest BCUT2D eigenvalue weighted by Crippen LogP contribution is -2.54. The van der Waals surface area contributed by atoms with Crippen molar-refractivity contribution in [2.45, 2.75) is 38.8 Å². The Hall–Kier alpha value is -2.97. The zero-order valence-corrected chi connectivity index (χ0v) is 16.3. The molecule has 0 unspecified atom stereocenters. The molecule has 9 heteroatoms. The number of ether oxygens (including phenoxy) is 2. The smallest absolute Gasteiger partial charge is 0.328 e. The van der Waals surface area contributed by atoms with Gasteiger partial charge in [0.15, 0.2) is 0 Å². The summed E-state index contributed by atoms with van der Waals surface area (Å²) in [7, 11) is 2.38. The predicted molar refractivity (Wildman–Crippen MR) is 97.5 cm³/mol. The molecule has 0 aliphatic heterocycles. The number of rotatable bonds is 9. The second kappa shape index (κ2) is 11.0. The van der Waals surface area contributed by atoms with E-state index in [2.05, 4.69) is 15.4 Å². The van der Waals surface area contributed by atoms with Gasteiger partial charge in [-0.2, -0.15) is 0 Å². The van der Waals surface area contributed by atoms with Crippen LogP contribution in [0.15, 0.2) is 24.3 Å². The molecule has 0 saturated heterocycles. The molecule has 0 radical (unpaired) electrons. The summed E-state index contributed by atoms with van der Waals surface area (Å²) in [4.78, 5) is 47.8. The van der Waals surface area contributed by atoms with Gasteiger partial charge in [0.25, 0.3) is 0 Å². The first-order valence-corrected chi connectivity index (χ1v) is 8.64. The Morgan fingerprint density at radius 1 is 1.04 bits per heavy atom. The van der Waals surface area contributed by atoms with Gasteiger partial charge in [-0.1, -0.05) is 19.1 Å². The average Bonchev–Trinajstić information content (AvgIpc) is 2.65. The first kappa shape index (κ1) is 23.1. The van der Waals surface area contributed by atoms with E-state index in [-0.39, 0.29) is 12.8 Å². The lowest BCUT2D eigenvalue weighted by Gasteiger charge is -2.25. The van der Waals surface area contributed by atoms with Crippen LogP contribution in [-0.2, 0) is 35.1 Å². The Labute approximate surface area is 162 Å². The van der Waals surface area contributed by atoms with E-state index in [0.29, 0.717) is 5.56 Å². The number of carbonyl (C=O) groups is 4. The van der Waals surface area contributed by atoms with Gasteiger partial charge in [0.05, 0.1) is 20.6 Å². The molecule has 0 aromatic heterocycles. The molecule has 2 N–H and O–H groups in total. The summed E-state index contributed by atoms with van der Waals surface area (Å²) in [6.45, 7) is 2.84. The minimum absolute atomic E-state index is 0.0883. The maximum Gasteiger partial charge on any atom is 0.328 e. The van der Waals surface area contributed by atoms with Crippen LogP contribution >= 0.6 is 0 Å². The molecule has 1 aromatic carbocycles. The lowest BCUT2D eigenvalue weighted by atomic mass is 9.97. The third-order valence-corrected chi connectivity index (χ3v) is 4.09. The van der Waals surface area contributed by atoms with Gasteiger partial charge in [0.1, 0.15) is 17.9 Å². The molecule has 0 aliphatic rings. The molecular formula is C19H25FN2O6. The van der Waals surface area contributed by atoms with E-state index in [1.807, 2.05) is 0 Å². The Balaban J connectivity index is 2.96. The highest BCUT2D eigenvalue weighted by Gasteiger charge is 2.32. The third kappa shape index (κ3) is 7.34. The zero-order valence-electron chi connectivity index (χ0n) is 16.3. The number of hydrogen-bond acceptors (Lipinski definition) is 6. The fourth-order valence-electron chi connectivity index (χ4n) is 2.59. The Morgan fingerprint density at radius 2 is 1.64 bits per heavy atom. The van der Waals surface area contributed by atoms with E-state index in [1.165, 1.54) is 38.3 Å². The molecule has 1 rings (SSSR count). The second-order valence-electron chi connectivity index (χ2n) is 6.35. The normalized spacial score (nSPS) is 13.6.